The molecule has 3 aromatic rings. The zero-order valence-electron chi connectivity index (χ0n) is 10.6. The Morgan fingerprint density at radius 2 is 1.55 bits per heavy atom. The minimum Gasteiger partial charge on any atom is -0.504 e. The molecule has 0 saturated heterocycles. The summed E-state index contributed by atoms with van der Waals surface area (Å²) in [6.07, 6.45) is 0. The van der Waals surface area contributed by atoms with Crippen LogP contribution < -0.4 is 0 Å². The first kappa shape index (κ1) is 12.2. The first-order chi connectivity index (χ1) is 9.66. The van der Waals surface area contributed by atoms with E-state index in [0.717, 1.165) is 10.8 Å². The van der Waals surface area contributed by atoms with E-state index in [4.69, 9.17) is 0 Å². The number of carbonyl (C=O) groups excluding carboxylic acids is 1. The lowest BCUT2D eigenvalue weighted by molar-refractivity contribution is 0.104. The number of ketones is 1. The summed E-state index contributed by atoms with van der Waals surface area (Å²) in [6, 6.07) is 17.3. The monoisotopic (exact) mass is 264 g/mol. The fourth-order valence-corrected chi connectivity index (χ4v) is 2.24. The number of phenols is 2. The van der Waals surface area contributed by atoms with Crippen molar-refractivity contribution in [2.45, 2.75) is 0 Å². The van der Waals surface area contributed by atoms with Crippen molar-refractivity contribution >= 4 is 16.6 Å². The standard InChI is InChI=1S/C17H12O3/c18-15-9-8-12(10-16(15)19)17(20)14-7-3-5-11-4-1-2-6-13(11)14/h1-10,18-19H. The van der Waals surface area contributed by atoms with E-state index in [0.29, 0.717) is 11.1 Å². The van der Waals surface area contributed by atoms with Gasteiger partial charge in [0.05, 0.1) is 0 Å². The minimum absolute atomic E-state index is 0.183. The van der Waals surface area contributed by atoms with E-state index >= 15 is 0 Å². The zero-order chi connectivity index (χ0) is 14.1. The third-order valence-corrected chi connectivity index (χ3v) is 3.27. The summed E-state index contributed by atoms with van der Waals surface area (Å²) in [5.41, 5.74) is 0.921. The maximum atomic E-state index is 12.5. The number of carbonyl (C=O) groups is 1. The Kier molecular flexibility index (Phi) is 2.88. The van der Waals surface area contributed by atoms with Crippen LogP contribution >= 0.6 is 0 Å². The molecule has 3 nitrogen and oxygen atoms in total. The number of hydrogen-bond donors (Lipinski definition) is 2. The highest BCUT2D eigenvalue weighted by Gasteiger charge is 2.13. The number of aromatic hydroxyl groups is 2. The van der Waals surface area contributed by atoms with E-state index in [1.165, 1.54) is 18.2 Å². The van der Waals surface area contributed by atoms with E-state index in [1.54, 1.807) is 6.07 Å². The van der Waals surface area contributed by atoms with Gasteiger partial charge in [0, 0.05) is 11.1 Å². The number of hydrogen-bond acceptors (Lipinski definition) is 3. The molecule has 3 aromatic carbocycles. The highest BCUT2D eigenvalue weighted by atomic mass is 16.3. The van der Waals surface area contributed by atoms with Crippen molar-refractivity contribution in [3.05, 3.63) is 71.8 Å². The molecule has 3 rings (SSSR count). The van der Waals surface area contributed by atoms with Gasteiger partial charge in [-0.05, 0) is 29.0 Å². The molecule has 3 heteroatoms. The molecular weight excluding hydrogens is 252 g/mol. The van der Waals surface area contributed by atoms with Crippen LogP contribution in [0, 0.1) is 0 Å². The molecule has 0 amide bonds. The number of rotatable bonds is 2. The molecule has 0 aliphatic heterocycles. The van der Waals surface area contributed by atoms with Crippen molar-refractivity contribution in [2.75, 3.05) is 0 Å². The molecule has 0 heterocycles. The quantitative estimate of drug-likeness (QED) is 0.550. The molecule has 98 valence electrons. The van der Waals surface area contributed by atoms with Gasteiger partial charge < -0.3 is 10.2 Å². The van der Waals surface area contributed by atoms with Crippen LogP contribution in [0.15, 0.2) is 60.7 Å². The lowest BCUT2D eigenvalue weighted by Gasteiger charge is -2.06. The molecule has 0 bridgehead atoms. The van der Waals surface area contributed by atoms with Gasteiger partial charge in [0.2, 0.25) is 0 Å². The second-order valence-corrected chi connectivity index (χ2v) is 4.56. The number of phenolic OH excluding ortho intramolecular Hbond substituents is 2. The Hall–Kier alpha value is -2.81. The highest BCUT2D eigenvalue weighted by molar-refractivity contribution is 6.16. The Balaban J connectivity index is 2.15. The summed E-state index contributed by atoms with van der Waals surface area (Å²) in [4.78, 5) is 12.5. The van der Waals surface area contributed by atoms with Crippen molar-refractivity contribution in [3.63, 3.8) is 0 Å². The molecule has 2 N–H and O–H groups in total. The van der Waals surface area contributed by atoms with Gasteiger partial charge in [-0.2, -0.15) is 0 Å². The third kappa shape index (κ3) is 1.99. The summed E-state index contributed by atoms with van der Waals surface area (Å²) in [5.74, 6) is -0.715. The summed E-state index contributed by atoms with van der Waals surface area (Å²) >= 11 is 0. The largest absolute Gasteiger partial charge is 0.504 e. The van der Waals surface area contributed by atoms with Crippen LogP contribution in [0.4, 0.5) is 0 Å². The van der Waals surface area contributed by atoms with Crippen LogP contribution in [-0.4, -0.2) is 16.0 Å². The van der Waals surface area contributed by atoms with E-state index < -0.39 is 0 Å². The fraction of sp³-hybridized carbons (Fsp3) is 0. The molecular formula is C17H12O3. The molecule has 0 aliphatic carbocycles. The van der Waals surface area contributed by atoms with E-state index in [2.05, 4.69) is 0 Å². The smallest absolute Gasteiger partial charge is 0.193 e. The van der Waals surface area contributed by atoms with E-state index in [9.17, 15) is 15.0 Å². The number of benzene rings is 3. The zero-order valence-corrected chi connectivity index (χ0v) is 10.6. The molecule has 0 atom stereocenters. The Morgan fingerprint density at radius 1 is 0.800 bits per heavy atom. The van der Waals surface area contributed by atoms with Crippen LogP contribution in [0.2, 0.25) is 0 Å². The average Bonchev–Trinajstić information content (AvgIpc) is 2.49. The Labute approximate surface area is 115 Å². The maximum Gasteiger partial charge on any atom is 0.193 e. The van der Waals surface area contributed by atoms with Crippen LogP contribution in [0.25, 0.3) is 10.8 Å². The lowest BCUT2D eigenvalue weighted by atomic mass is 9.97. The van der Waals surface area contributed by atoms with Gasteiger partial charge in [0.15, 0.2) is 17.3 Å². The highest BCUT2D eigenvalue weighted by Crippen LogP contribution is 2.27. The summed E-state index contributed by atoms with van der Waals surface area (Å²) in [6.45, 7) is 0. The molecule has 0 fully saturated rings. The third-order valence-electron chi connectivity index (χ3n) is 3.27. The van der Waals surface area contributed by atoms with Gasteiger partial charge in [-0.3, -0.25) is 4.79 Å². The van der Waals surface area contributed by atoms with Gasteiger partial charge in [-0.15, -0.1) is 0 Å². The van der Waals surface area contributed by atoms with Crippen molar-refractivity contribution in [3.8, 4) is 11.5 Å². The van der Waals surface area contributed by atoms with Gasteiger partial charge >= 0.3 is 0 Å². The Bertz CT molecular complexity index is 801. The van der Waals surface area contributed by atoms with Gasteiger partial charge in [0.25, 0.3) is 0 Å². The van der Waals surface area contributed by atoms with Crippen molar-refractivity contribution < 1.29 is 15.0 Å². The topological polar surface area (TPSA) is 57.5 Å². The summed E-state index contributed by atoms with van der Waals surface area (Å²) in [7, 11) is 0. The second kappa shape index (κ2) is 4.70. The molecule has 0 spiro atoms. The predicted octanol–water partition coefficient (Wildman–Crippen LogP) is 3.48. The SMILES string of the molecule is O=C(c1ccc(O)c(O)c1)c1cccc2ccccc12. The van der Waals surface area contributed by atoms with Crippen LogP contribution in [0.3, 0.4) is 0 Å². The molecule has 0 radical (unpaired) electrons. The number of fused-ring (bicyclic) bond motifs is 1. The van der Waals surface area contributed by atoms with Gasteiger partial charge in [-0.1, -0.05) is 42.5 Å². The molecule has 0 unspecified atom stereocenters. The first-order valence-corrected chi connectivity index (χ1v) is 6.21. The predicted molar refractivity (Wildman–Crippen MR) is 77.2 cm³/mol. The minimum atomic E-state index is -0.295. The molecule has 0 aromatic heterocycles. The van der Waals surface area contributed by atoms with E-state index in [-0.39, 0.29) is 17.3 Å². The van der Waals surface area contributed by atoms with Crippen LogP contribution in [0.5, 0.6) is 11.5 Å². The van der Waals surface area contributed by atoms with Crippen molar-refractivity contribution in [1.82, 2.24) is 0 Å². The lowest BCUT2D eigenvalue weighted by Crippen LogP contribution is -2.01. The second-order valence-electron chi connectivity index (χ2n) is 4.56. The summed E-state index contributed by atoms with van der Waals surface area (Å²) in [5, 5.41) is 20.7. The summed E-state index contributed by atoms with van der Waals surface area (Å²) < 4.78 is 0. The van der Waals surface area contributed by atoms with Crippen molar-refractivity contribution in [1.29, 1.82) is 0 Å². The average molecular weight is 264 g/mol. The molecule has 0 saturated carbocycles. The van der Waals surface area contributed by atoms with E-state index in [1.807, 2.05) is 36.4 Å². The Morgan fingerprint density at radius 3 is 2.35 bits per heavy atom. The molecule has 0 aliphatic rings. The maximum absolute atomic E-state index is 12.5. The molecule has 20 heavy (non-hydrogen) atoms. The van der Waals surface area contributed by atoms with Gasteiger partial charge in [0.1, 0.15) is 0 Å². The fourth-order valence-electron chi connectivity index (χ4n) is 2.24. The van der Waals surface area contributed by atoms with Gasteiger partial charge in [-0.25, -0.2) is 0 Å². The first-order valence-electron chi connectivity index (χ1n) is 6.21. The van der Waals surface area contributed by atoms with Crippen molar-refractivity contribution in [2.24, 2.45) is 0 Å². The van der Waals surface area contributed by atoms with Crippen LogP contribution in [-0.2, 0) is 0 Å². The van der Waals surface area contributed by atoms with Crippen LogP contribution in [0.1, 0.15) is 15.9 Å². The normalized spacial score (nSPS) is 10.6.